The van der Waals surface area contributed by atoms with Crippen molar-refractivity contribution in [2.45, 2.75) is 58.6 Å². The summed E-state index contributed by atoms with van der Waals surface area (Å²) < 4.78 is 11.2. The van der Waals surface area contributed by atoms with Crippen molar-refractivity contribution in [1.29, 1.82) is 0 Å². The highest BCUT2D eigenvalue weighted by Gasteiger charge is 2.17. The number of guanidine groups is 1. The van der Waals surface area contributed by atoms with Crippen LogP contribution in [0.4, 0.5) is 0 Å². The minimum atomic E-state index is -0.227. The zero-order valence-electron chi connectivity index (χ0n) is 17.0. The molecule has 1 rings (SSSR count). The van der Waals surface area contributed by atoms with Crippen LogP contribution in [0.2, 0.25) is 0 Å². The summed E-state index contributed by atoms with van der Waals surface area (Å²) in [4.78, 5) is 18.5. The lowest BCUT2D eigenvalue weighted by atomic mass is 10.1. The first-order chi connectivity index (χ1) is 11.8. The highest BCUT2D eigenvalue weighted by atomic mass is 127. The van der Waals surface area contributed by atoms with Crippen LogP contribution in [0.15, 0.2) is 4.99 Å². The van der Waals surface area contributed by atoms with E-state index < -0.39 is 0 Å². The van der Waals surface area contributed by atoms with E-state index in [0.29, 0.717) is 19.3 Å². The number of nitrogens with zero attached hydrogens (tertiary/aromatic N) is 2. The van der Waals surface area contributed by atoms with Gasteiger partial charge in [-0.15, -0.1) is 24.0 Å². The second-order valence-corrected chi connectivity index (χ2v) is 7.43. The molecule has 1 aliphatic heterocycles. The molecule has 0 aromatic heterocycles. The summed E-state index contributed by atoms with van der Waals surface area (Å²) in [5.74, 6) is 0.737. The van der Waals surface area contributed by atoms with Crippen LogP contribution in [-0.2, 0) is 14.3 Å². The average molecular weight is 484 g/mol. The van der Waals surface area contributed by atoms with Crippen LogP contribution in [-0.4, -0.2) is 74.9 Å². The van der Waals surface area contributed by atoms with E-state index in [1.165, 1.54) is 0 Å². The van der Waals surface area contributed by atoms with Crippen LogP contribution < -0.4 is 10.6 Å². The molecule has 1 heterocycles. The van der Waals surface area contributed by atoms with Crippen molar-refractivity contribution in [2.75, 3.05) is 46.5 Å². The lowest BCUT2D eigenvalue weighted by molar-refractivity contribution is -0.122. The highest BCUT2D eigenvalue weighted by molar-refractivity contribution is 14.0. The molecule has 0 atom stereocenters. The third-order valence-electron chi connectivity index (χ3n) is 3.68. The van der Waals surface area contributed by atoms with Gasteiger partial charge in [0.15, 0.2) is 5.96 Å². The Hall–Kier alpha value is -0.610. The van der Waals surface area contributed by atoms with Crippen molar-refractivity contribution >= 4 is 35.8 Å². The van der Waals surface area contributed by atoms with E-state index in [0.717, 1.165) is 45.0 Å². The molecule has 1 saturated heterocycles. The van der Waals surface area contributed by atoms with Gasteiger partial charge >= 0.3 is 0 Å². The first kappa shape index (κ1) is 25.4. The lowest BCUT2D eigenvalue weighted by Gasteiger charge is -2.25. The Morgan fingerprint density at radius 2 is 1.96 bits per heavy atom. The monoisotopic (exact) mass is 484 g/mol. The van der Waals surface area contributed by atoms with E-state index in [4.69, 9.17) is 9.47 Å². The quantitative estimate of drug-likeness (QED) is 0.239. The molecule has 0 saturated carbocycles. The van der Waals surface area contributed by atoms with Crippen LogP contribution in [0.5, 0.6) is 0 Å². The molecule has 2 N–H and O–H groups in total. The van der Waals surface area contributed by atoms with E-state index >= 15 is 0 Å². The SMILES string of the molecule is CCNC(=NCCCOC1CCOCC1)N(C)CC(=O)NC(C)(C)C.I. The Morgan fingerprint density at radius 1 is 1.31 bits per heavy atom. The van der Waals surface area contributed by atoms with Crippen molar-refractivity contribution in [3.63, 3.8) is 0 Å². The Bertz CT molecular complexity index is 421. The summed E-state index contributed by atoms with van der Waals surface area (Å²) >= 11 is 0. The van der Waals surface area contributed by atoms with Gasteiger partial charge in [0.05, 0.1) is 12.6 Å². The fourth-order valence-electron chi connectivity index (χ4n) is 2.56. The molecule has 1 aliphatic rings. The van der Waals surface area contributed by atoms with E-state index in [9.17, 15) is 4.79 Å². The summed E-state index contributed by atoms with van der Waals surface area (Å²) in [6, 6.07) is 0. The maximum atomic E-state index is 12.1. The standard InChI is InChI=1S/C18H36N4O3.HI/c1-6-19-17(22(5)14-16(23)21-18(2,3)4)20-10-7-11-25-15-8-12-24-13-9-15;/h15H,6-14H2,1-5H3,(H,19,20)(H,21,23);1H. The van der Waals surface area contributed by atoms with Gasteiger partial charge in [0.2, 0.25) is 5.91 Å². The Kier molecular flexibility index (Phi) is 13.2. The van der Waals surface area contributed by atoms with Gasteiger partial charge in [-0.1, -0.05) is 0 Å². The maximum absolute atomic E-state index is 12.1. The van der Waals surface area contributed by atoms with E-state index in [1.807, 2.05) is 39.6 Å². The number of hydrogen-bond acceptors (Lipinski definition) is 4. The molecule has 0 aromatic carbocycles. The zero-order valence-corrected chi connectivity index (χ0v) is 19.3. The molecule has 0 bridgehead atoms. The molecule has 0 unspecified atom stereocenters. The van der Waals surface area contributed by atoms with E-state index in [2.05, 4.69) is 15.6 Å². The molecular formula is C18H37IN4O3. The smallest absolute Gasteiger partial charge is 0.240 e. The predicted octanol–water partition coefficient (Wildman–Crippen LogP) is 2.00. The number of aliphatic imine (C=N–C) groups is 1. The van der Waals surface area contributed by atoms with Crippen molar-refractivity contribution < 1.29 is 14.3 Å². The van der Waals surface area contributed by atoms with Gasteiger partial charge in [-0.3, -0.25) is 9.79 Å². The Labute approximate surface area is 175 Å². The molecule has 0 aliphatic carbocycles. The van der Waals surface area contributed by atoms with Crippen molar-refractivity contribution in [3.8, 4) is 0 Å². The Balaban J connectivity index is 0.00000625. The van der Waals surface area contributed by atoms with Gasteiger partial charge < -0.3 is 25.0 Å². The molecule has 0 spiro atoms. The Morgan fingerprint density at radius 3 is 2.54 bits per heavy atom. The molecule has 8 heteroatoms. The minimum absolute atomic E-state index is 0. The van der Waals surface area contributed by atoms with Crippen LogP contribution in [0.1, 0.15) is 47.0 Å². The third-order valence-corrected chi connectivity index (χ3v) is 3.68. The predicted molar refractivity (Wildman–Crippen MR) is 116 cm³/mol. The summed E-state index contributed by atoms with van der Waals surface area (Å²) in [5.41, 5.74) is -0.227. The largest absolute Gasteiger partial charge is 0.381 e. The summed E-state index contributed by atoms with van der Waals surface area (Å²) in [6.45, 7) is 12.0. The van der Waals surface area contributed by atoms with Gasteiger partial charge in [-0.2, -0.15) is 0 Å². The third kappa shape index (κ3) is 11.9. The molecular weight excluding hydrogens is 447 g/mol. The number of amides is 1. The second kappa shape index (κ2) is 13.5. The zero-order chi connectivity index (χ0) is 18.7. The number of halogens is 1. The number of hydrogen-bond donors (Lipinski definition) is 2. The maximum Gasteiger partial charge on any atom is 0.240 e. The number of nitrogens with one attached hydrogen (secondary N) is 2. The summed E-state index contributed by atoms with van der Waals surface area (Å²) in [5, 5.41) is 6.20. The van der Waals surface area contributed by atoms with Gasteiger partial charge in [0, 0.05) is 45.5 Å². The fraction of sp³-hybridized carbons (Fsp3) is 0.889. The molecule has 1 amide bonds. The molecule has 7 nitrogen and oxygen atoms in total. The normalized spacial score (nSPS) is 16.0. The van der Waals surface area contributed by atoms with Gasteiger partial charge in [-0.05, 0) is 47.0 Å². The lowest BCUT2D eigenvalue weighted by Crippen LogP contribution is -2.48. The van der Waals surface area contributed by atoms with Crippen LogP contribution in [0, 0.1) is 0 Å². The first-order valence-electron chi connectivity index (χ1n) is 9.31. The number of likely N-dealkylation sites (N-methyl/N-ethyl adjacent to an activating group) is 1. The van der Waals surface area contributed by atoms with E-state index in [-0.39, 0.29) is 42.0 Å². The van der Waals surface area contributed by atoms with Crippen molar-refractivity contribution in [3.05, 3.63) is 0 Å². The number of ether oxygens (including phenoxy) is 2. The second-order valence-electron chi connectivity index (χ2n) is 7.43. The van der Waals surface area contributed by atoms with Crippen LogP contribution in [0.25, 0.3) is 0 Å². The van der Waals surface area contributed by atoms with Crippen LogP contribution in [0.3, 0.4) is 0 Å². The molecule has 154 valence electrons. The summed E-state index contributed by atoms with van der Waals surface area (Å²) in [7, 11) is 1.88. The van der Waals surface area contributed by atoms with E-state index in [1.54, 1.807) is 0 Å². The topological polar surface area (TPSA) is 75.2 Å². The number of carbonyl (C=O) groups is 1. The highest BCUT2D eigenvalue weighted by Crippen LogP contribution is 2.10. The number of carbonyl (C=O) groups excluding carboxylic acids is 1. The summed E-state index contributed by atoms with van der Waals surface area (Å²) in [6.07, 6.45) is 3.17. The first-order valence-corrected chi connectivity index (χ1v) is 9.31. The van der Waals surface area contributed by atoms with Crippen LogP contribution >= 0.6 is 24.0 Å². The minimum Gasteiger partial charge on any atom is -0.381 e. The van der Waals surface area contributed by atoms with Gasteiger partial charge in [-0.25, -0.2) is 0 Å². The molecule has 26 heavy (non-hydrogen) atoms. The van der Waals surface area contributed by atoms with Gasteiger partial charge in [0.25, 0.3) is 0 Å². The molecule has 0 aromatic rings. The van der Waals surface area contributed by atoms with Crippen molar-refractivity contribution in [1.82, 2.24) is 15.5 Å². The molecule has 1 fully saturated rings. The van der Waals surface area contributed by atoms with Crippen molar-refractivity contribution in [2.24, 2.45) is 4.99 Å². The average Bonchev–Trinajstić information content (AvgIpc) is 2.52. The van der Waals surface area contributed by atoms with Gasteiger partial charge in [0.1, 0.15) is 0 Å². The molecule has 0 radical (unpaired) electrons. The fourth-order valence-corrected chi connectivity index (χ4v) is 2.56. The number of rotatable bonds is 8.